The molecule has 4 rings (SSSR count). The Morgan fingerprint density at radius 3 is 2.44 bits per heavy atom. The van der Waals surface area contributed by atoms with Crippen LogP contribution in [0, 0.1) is 0 Å². The van der Waals surface area contributed by atoms with Crippen LogP contribution in [0.25, 0.3) is 0 Å². The molecule has 0 bridgehead atoms. The number of piperidine rings is 1. The van der Waals surface area contributed by atoms with Gasteiger partial charge in [-0.25, -0.2) is 0 Å². The van der Waals surface area contributed by atoms with Crippen molar-refractivity contribution in [3.8, 4) is 0 Å². The molecule has 1 amide bonds. The third-order valence-electron chi connectivity index (χ3n) is 5.26. The number of aryl methyl sites for hydroxylation is 1. The van der Waals surface area contributed by atoms with Gasteiger partial charge >= 0.3 is 0 Å². The topological polar surface area (TPSA) is 44.6 Å². The minimum atomic E-state index is -0.00585. The van der Waals surface area contributed by atoms with Gasteiger partial charge in [0, 0.05) is 57.7 Å². The van der Waals surface area contributed by atoms with Gasteiger partial charge in [0.25, 0.3) is 0 Å². The number of carbonyl (C=O) groups excluding carboxylic acids is 1. The molecule has 2 aliphatic heterocycles. The fraction of sp³-hybridized carbons (Fsp3) is 0.474. The molecule has 6 nitrogen and oxygen atoms in total. The van der Waals surface area contributed by atoms with Crippen molar-refractivity contribution < 1.29 is 4.79 Å². The predicted molar refractivity (Wildman–Crippen MR) is 98.8 cm³/mol. The van der Waals surface area contributed by atoms with Gasteiger partial charge in [-0.2, -0.15) is 5.10 Å². The summed E-state index contributed by atoms with van der Waals surface area (Å²) < 4.78 is 1.75. The molecule has 1 aromatic heterocycles. The summed E-state index contributed by atoms with van der Waals surface area (Å²) >= 11 is 0. The van der Waals surface area contributed by atoms with Crippen LogP contribution in [-0.4, -0.2) is 59.4 Å². The Bertz CT molecular complexity index is 720. The highest BCUT2D eigenvalue weighted by molar-refractivity contribution is 5.97. The molecule has 1 unspecified atom stereocenters. The third-order valence-corrected chi connectivity index (χ3v) is 5.26. The van der Waals surface area contributed by atoms with E-state index in [1.807, 2.05) is 30.3 Å². The van der Waals surface area contributed by atoms with Crippen molar-refractivity contribution in [2.45, 2.75) is 18.9 Å². The van der Waals surface area contributed by atoms with Crippen LogP contribution in [0.2, 0.25) is 0 Å². The van der Waals surface area contributed by atoms with Gasteiger partial charge < -0.3 is 4.90 Å². The first-order valence-corrected chi connectivity index (χ1v) is 9.07. The minimum Gasteiger partial charge on any atom is -0.369 e. The Morgan fingerprint density at radius 2 is 1.76 bits per heavy atom. The second kappa shape index (κ2) is 6.88. The van der Waals surface area contributed by atoms with E-state index in [0.29, 0.717) is 0 Å². The average Bonchev–Trinajstić information content (AvgIpc) is 3.09. The molecule has 3 heterocycles. The quantitative estimate of drug-likeness (QED) is 0.854. The molecule has 0 radical (unpaired) electrons. The van der Waals surface area contributed by atoms with Gasteiger partial charge in [0.2, 0.25) is 5.91 Å². The third kappa shape index (κ3) is 3.26. The van der Waals surface area contributed by atoms with Gasteiger partial charge in [-0.05, 0) is 25.0 Å². The highest BCUT2D eigenvalue weighted by Gasteiger charge is 2.36. The number of piperazine rings is 1. The highest BCUT2D eigenvalue weighted by Crippen LogP contribution is 2.24. The first kappa shape index (κ1) is 16.1. The van der Waals surface area contributed by atoms with Gasteiger partial charge in [0.05, 0.1) is 6.04 Å². The first-order valence-electron chi connectivity index (χ1n) is 9.07. The van der Waals surface area contributed by atoms with Crippen LogP contribution in [-0.2, 0) is 11.8 Å². The highest BCUT2D eigenvalue weighted by atomic mass is 16.2. The van der Waals surface area contributed by atoms with Crippen LogP contribution in [0.5, 0.6) is 0 Å². The Balaban J connectivity index is 1.41. The molecule has 1 atom stereocenters. The Morgan fingerprint density at radius 1 is 1.00 bits per heavy atom. The van der Waals surface area contributed by atoms with E-state index in [-0.39, 0.29) is 11.9 Å². The fourth-order valence-electron chi connectivity index (χ4n) is 3.90. The lowest BCUT2D eigenvalue weighted by Crippen LogP contribution is -2.58. The minimum absolute atomic E-state index is 0.00585. The number of nitrogens with zero attached hydrogens (tertiary/aromatic N) is 5. The summed E-state index contributed by atoms with van der Waals surface area (Å²) in [4.78, 5) is 19.6. The van der Waals surface area contributed by atoms with Crippen molar-refractivity contribution >= 4 is 17.4 Å². The molecule has 0 aliphatic carbocycles. The first-order chi connectivity index (χ1) is 12.2. The molecule has 2 aliphatic rings. The lowest BCUT2D eigenvalue weighted by atomic mass is 10.0. The van der Waals surface area contributed by atoms with Crippen molar-refractivity contribution in [3.63, 3.8) is 0 Å². The Labute approximate surface area is 148 Å². The van der Waals surface area contributed by atoms with Gasteiger partial charge in [0.1, 0.15) is 0 Å². The van der Waals surface area contributed by atoms with Crippen LogP contribution in [0.4, 0.5) is 11.5 Å². The lowest BCUT2D eigenvalue weighted by Gasteiger charge is -2.42. The number of hydrogen-bond donors (Lipinski definition) is 0. The average molecular weight is 339 g/mol. The second-order valence-electron chi connectivity index (χ2n) is 6.85. The van der Waals surface area contributed by atoms with Gasteiger partial charge in [-0.1, -0.05) is 18.2 Å². The summed E-state index contributed by atoms with van der Waals surface area (Å²) in [6.07, 6.45) is 3.88. The number of anilines is 2. The lowest BCUT2D eigenvalue weighted by molar-refractivity contribution is -0.125. The molecule has 2 aromatic rings. The van der Waals surface area contributed by atoms with Crippen LogP contribution in [0.3, 0.4) is 0 Å². The molecule has 2 fully saturated rings. The fourth-order valence-corrected chi connectivity index (χ4v) is 3.90. The van der Waals surface area contributed by atoms with Crippen molar-refractivity contribution in [2.75, 3.05) is 42.5 Å². The SMILES string of the molecule is Cn1ccc(N2CCCC(N3CCN(c4ccccc4)CC3)C2=O)n1. The zero-order chi connectivity index (χ0) is 17.2. The van der Waals surface area contributed by atoms with Crippen LogP contribution in [0.15, 0.2) is 42.6 Å². The monoisotopic (exact) mass is 339 g/mol. The molecule has 2 saturated heterocycles. The zero-order valence-corrected chi connectivity index (χ0v) is 14.7. The molecule has 0 saturated carbocycles. The van der Waals surface area contributed by atoms with E-state index in [9.17, 15) is 4.79 Å². The predicted octanol–water partition coefficient (Wildman–Crippen LogP) is 1.74. The van der Waals surface area contributed by atoms with E-state index >= 15 is 0 Å². The van der Waals surface area contributed by atoms with Crippen molar-refractivity contribution in [2.24, 2.45) is 7.05 Å². The molecular weight excluding hydrogens is 314 g/mol. The maximum atomic E-state index is 13.0. The standard InChI is InChI=1S/C19H25N5O/c1-21-11-9-18(20-21)24-10-5-8-17(19(24)25)23-14-12-22(13-15-23)16-6-3-2-4-7-16/h2-4,6-7,9,11,17H,5,8,10,12-15H2,1H3. The number of rotatable bonds is 3. The summed E-state index contributed by atoms with van der Waals surface area (Å²) in [6.45, 7) is 4.58. The van der Waals surface area contributed by atoms with Crippen LogP contribution < -0.4 is 9.80 Å². The van der Waals surface area contributed by atoms with E-state index < -0.39 is 0 Å². The van der Waals surface area contributed by atoms with E-state index in [2.05, 4.69) is 39.2 Å². The van der Waals surface area contributed by atoms with E-state index in [1.54, 1.807) is 4.68 Å². The molecule has 6 heteroatoms. The smallest absolute Gasteiger partial charge is 0.245 e. The Hall–Kier alpha value is -2.34. The summed E-state index contributed by atoms with van der Waals surface area (Å²) in [7, 11) is 1.89. The summed E-state index contributed by atoms with van der Waals surface area (Å²) in [5, 5.41) is 4.41. The maximum absolute atomic E-state index is 13.0. The summed E-state index contributed by atoms with van der Waals surface area (Å²) in [5.74, 6) is 0.984. The number of amides is 1. The second-order valence-corrected chi connectivity index (χ2v) is 6.85. The van der Waals surface area contributed by atoms with Crippen LogP contribution >= 0.6 is 0 Å². The molecule has 132 valence electrons. The number of aromatic nitrogens is 2. The molecule has 1 aromatic carbocycles. The van der Waals surface area contributed by atoms with Crippen molar-refractivity contribution in [3.05, 3.63) is 42.6 Å². The van der Waals surface area contributed by atoms with Crippen molar-refractivity contribution in [1.29, 1.82) is 0 Å². The van der Waals surface area contributed by atoms with Crippen LogP contribution in [0.1, 0.15) is 12.8 Å². The molecule has 0 N–H and O–H groups in total. The zero-order valence-electron chi connectivity index (χ0n) is 14.7. The summed E-state index contributed by atoms with van der Waals surface area (Å²) in [6, 6.07) is 12.4. The number of carbonyl (C=O) groups is 1. The van der Waals surface area contributed by atoms with Gasteiger partial charge in [-0.15, -0.1) is 0 Å². The number of benzene rings is 1. The van der Waals surface area contributed by atoms with Gasteiger partial charge in [0.15, 0.2) is 5.82 Å². The largest absolute Gasteiger partial charge is 0.369 e. The summed E-state index contributed by atoms with van der Waals surface area (Å²) in [5.41, 5.74) is 1.27. The number of para-hydroxylation sites is 1. The normalized spacial score (nSPS) is 22.4. The molecule has 25 heavy (non-hydrogen) atoms. The van der Waals surface area contributed by atoms with Gasteiger partial charge in [-0.3, -0.25) is 19.3 Å². The number of hydrogen-bond acceptors (Lipinski definition) is 4. The Kier molecular flexibility index (Phi) is 4.44. The molecule has 0 spiro atoms. The van der Waals surface area contributed by atoms with Crippen molar-refractivity contribution in [1.82, 2.24) is 14.7 Å². The maximum Gasteiger partial charge on any atom is 0.245 e. The molecular formula is C19H25N5O. The van der Waals surface area contributed by atoms with E-state index in [1.165, 1.54) is 5.69 Å². The van der Waals surface area contributed by atoms with E-state index in [0.717, 1.165) is 51.4 Å². The van der Waals surface area contributed by atoms with E-state index in [4.69, 9.17) is 0 Å².